The van der Waals surface area contributed by atoms with Crippen LogP contribution >= 0.6 is 0 Å². The van der Waals surface area contributed by atoms with E-state index >= 15 is 0 Å². The van der Waals surface area contributed by atoms with Crippen LogP contribution in [-0.2, 0) is 0 Å². The smallest absolute Gasteiger partial charge is 0.164 e. The van der Waals surface area contributed by atoms with E-state index in [9.17, 15) is 0 Å². The Labute approximate surface area is 251 Å². The van der Waals surface area contributed by atoms with Crippen molar-refractivity contribution >= 4 is 43.9 Å². The molecule has 0 fully saturated rings. The number of aromatic nitrogens is 6. The van der Waals surface area contributed by atoms with Crippen LogP contribution in [0.1, 0.15) is 0 Å². The van der Waals surface area contributed by atoms with E-state index in [1.54, 1.807) is 6.20 Å². The summed E-state index contributed by atoms with van der Waals surface area (Å²) >= 11 is 0. The van der Waals surface area contributed by atoms with Crippen LogP contribution in [0.5, 0.6) is 0 Å². The van der Waals surface area contributed by atoms with Gasteiger partial charge in [0.25, 0.3) is 0 Å². The van der Waals surface area contributed by atoms with E-state index in [0.29, 0.717) is 17.5 Å². The van der Waals surface area contributed by atoms with E-state index in [1.807, 2.05) is 97.1 Å². The zero-order chi connectivity index (χ0) is 29.0. The highest BCUT2D eigenvalue weighted by atomic mass is 16.3. The zero-order valence-electron chi connectivity index (χ0n) is 23.3. The van der Waals surface area contributed by atoms with Crippen molar-refractivity contribution in [1.29, 1.82) is 0 Å². The minimum Gasteiger partial charge on any atom is -0.456 e. The Morgan fingerprint density at radius 3 is 1.89 bits per heavy atom. The Morgan fingerprint density at radius 2 is 1.14 bits per heavy atom. The minimum absolute atomic E-state index is 0.597. The maximum atomic E-state index is 6.27. The molecule has 0 spiro atoms. The fourth-order valence-corrected chi connectivity index (χ4v) is 5.96. The van der Waals surface area contributed by atoms with Crippen molar-refractivity contribution in [1.82, 2.24) is 29.7 Å². The lowest BCUT2D eigenvalue weighted by Crippen LogP contribution is -2.01. The summed E-state index contributed by atoms with van der Waals surface area (Å²) in [6, 6.07) is 42.6. The number of furan rings is 1. The Bertz CT molecular complexity index is 2440. The lowest BCUT2D eigenvalue weighted by molar-refractivity contribution is 0.669. The zero-order valence-corrected chi connectivity index (χ0v) is 23.3. The van der Waals surface area contributed by atoms with E-state index < -0.39 is 0 Å². The third kappa shape index (κ3) is 3.87. The van der Waals surface area contributed by atoms with Gasteiger partial charge in [-0.25, -0.2) is 15.0 Å². The maximum Gasteiger partial charge on any atom is 0.164 e. The summed E-state index contributed by atoms with van der Waals surface area (Å²) in [6.07, 6.45) is 1.73. The third-order valence-corrected chi connectivity index (χ3v) is 7.99. The SMILES string of the molecule is c1ccc(-c2nc(-c3ccccc3)nc(-c3cccc(-n4c5cc6oc7ccccc7c6cc5c5nnccc54)c3)n2)cc1. The fraction of sp³-hybridized carbons (Fsp3) is 0. The second kappa shape index (κ2) is 9.68. The number of fused-ring (bicyclic) bond motifs is 6. The number of hydrogen-bond donors (Lipinski definition) is 0. The highest BCUT2D eigenvalue weighted by molar-refractivity contribution is 6.16. The first-order valence-electron chi connectivity index (χ1n) is 14.3. The molecule has 0 saturated heterocycles. The van der Waals surface area contributed by atoms with Crippen molar-refractivity contribution in [2.75, 3.05) is 0 Å². The Morgan fingerprint density at radius 1 is 0.477 bits per heavy atom. The summed E-state index contributed by atoms with van der Waals surface area (Å²) in [5.41, 5.74) is 8.14. The van der Waals surface area contributed by atoms with Gasteiger partial charge in [0, 0.05) is 44.6 Å². The van der Waals surface area contributed by atoms with Gasteiger partial charge in [-0.3, -0.25) is 0 Å². The standard InChI is InChI=1S/C37H22N6O/c1-3-10-23(11-4-1)35-39-36(24-12-5-2-6-13-24)41-37(40-35)25-14-9-15-26(20-25)43-30-18-19-38-42-34(30)29-21-28-27-16-7-8-17-32(27)44-33(28)22-31(29)43/h1-22H. The number of para-hydroxylation sites is 1. The van der Waals surface area contributed by atoms with Crippen molar-refractivity contribution in [2.24, 2.45) is 0 Å². The van der Waals surface area contributed by atoms with Crippen LogP contribution in [-0.4, -0.2) is 29.7 Å². The average Bonchev–Trinajstić information content (AvgIpc) is 3.62. The summed E-state index contributed by atoms with van der Waals surface area (Å²) in [4.78, 5) is 14.7. The Kier molecular flexibility index (Phi) is 5.36. The van der Waals surface area contributed by atoms with Crippen LogP contribution in [0.15, 0.2) is 138 Å². The maximum absolute atomic E-state index is 6.27. The van der Waals surface area contributed by atoms with Gasteiger partial charge >= 0.3 is 0 Å². The van der Waals surface area contributed by atoms with Gasteiger partial charge in [-0.1, -0.05) is 91.0 Å². The van der Waals surface area contributed by atoms with Crippen molar-refractivity contribution in [2.45, 2.75) is 0 Å². The van der Waals surface area contributed by atoms with Gasteiger partial charge in [0.1, 0.15) is 16.7 Å². The first-order chi connectivity index (χ1) is 21.8. The minimum atomic E-state index is 0.597. The molecular weight excluding hydrogens is 544 g/mol. The normalized spacial score (nSPS) is 11.6. The molecular formula is C37H22N6O. The molecule has 5 aromatic carbocycles. The molecule has 0 atom stereocenters. The molecule has 0 unspecified atom stereocenters. The monoisotopic (exact) mass is 566 g/mol. The van der Waals surface area contributed by atoms with E-state index in [0.717, 1.165) is 66.3 Å². The second-order valence-electron chi connectivity index (χ2n) is 10.7. The number of benzene rings is 5. The molecule has 0 radical (unpaired) electrons. The fourth-order valence-electron chi connectivity index (χ4n) is 5.96. The molecule has 0 saturated carbocycles. The van der Waals surface area contributed by atoms with E-state index in [1.165, 1.54) is 0 Å². The van der Waals surface area contributed by atoms with Crippen LogP contribution in [0.25, 0.3) is 83.7 Å². The van der Waals surface area contributed by atoms with Crippen LogP contribution < -0.4 is 0 Å². The number of hydrogen-bond acceptors (Lipinski definition) is 6. The predicted octanol–water partition coefficient (Wildman–Crippen LogP) is 8.66. The molecule has 0 aliphatic rings. The topological polar surface area (TPSA) is 82.5 Å². The molecule has 0 amide bonds. The summed E-state index contributed by atoms with van der Waals surface area (Å²) in [7, 11) is 0. The molecule has 4 heterocycles. The van der Waals surface area contributed by atoms with Crippen molar-refractivity contribution in [3.05, 3.63) is 134 Å². The van der Waals surface area contributed by atoms with Gasteiger partial charge in [-0.2, -0.15) is 5.10 Å². The lowest BCUT2D eigenvalue weighted by atomic mass is 10.1. The highest BCUT2D eigenvalue weighted by Gasteiger charge is 2.19. The van der Waals surface area contributed by atoms with Crippen LogP contribution in [0, 0.1) is 0 Å². The molecule has 44 heavy (non-hydrogen) atoms. The molecule has 9 aromatic rings. The summed E-state index contributed by atoms with van der Waals surface area (Å²) in [5.74, 6) is 1.85. The van der Waals surface area contributed by atoms with Gasteiger partial charge in [0.15, 0.2) is 17.5 Å². The first-order valence-corrected chi connectivity index (χ1v) is 14.3. The quantitative estimate of drug-likeness (QED) is 0.212. The molecule has 0 bridgehead atoms. The van der Waals surface area contributed by atoms with Crippen molar-refractivity contribution < 1.29 is 4.42 Å². The summed E-state index contributed by atoms with van der Waals surface area (Å²) < 4.78 is 8.48. The molecule has 0 aliphatic carbocycles. The third-order valence-electron chi connectivity index (χ3n) is 7.99. The van der Waals surface area contributed by atoms with Gasteiger partial charge in [0.2, 0.25) is 0 Å². The molecule has 7 nitrogen and oxygen atoms in total. The van der Waals surface area contributed by atoms with Crippen LogP contribution in [0.3, 0.4) is 0 Å². The van der Waals surface area contributed by atoms with E-state index in [2.05, 4.69) is 45.1 Å². The second-order valence-corrected chi connectivity index (χ2v) is 10.7. The predicted molar refractivity (Wildman–Crippen MR) is 173 cm³/mol. The van der Waals surface area contributed by atoms with Crippen molar-refractivity contribution in [3.63, 3.8) is 0 Å². The molecule has 206 valence electrons. The average molecular weight is 567 g/mol. The number of rotatable bonds is 4. The highest BCUT2D eigenvalue weighted by Crippen LogP contribution is 2.38. The summed E-state index contributed by atoms with van der Waals surface area (Å²) in [6.45, 7) is 0. The first kappa shape index (κ1) is 24.4. The molecule has 0 N–H and O–H groups in total. The molecule has 4 aromatic heterocycles. The van der Waals surface area contributed by atoms with Gasteiger partial charge < -0.3 is 8.98 Å². The largest absolute Gasteiger partial charge is 0.456 e. The van der Waals surface area contributed by atoms with E-state index in [4.69, 9.17) is 19.4 Å². The van der Waals surface area contributed by atoms with Gasteiger partial charge in [-0.15, -0.1) is 5.10 Å². The molecule has 7 heteroatoms. The van der Waals surface area contributed by atoms with Gasteiger partial charge in [-0.05, 0) is 30.3 Å². The molecule has 0 aliphatic heterocycles. The molecule has 9 rings (SSSR count). The summed E-state index contributed by atoms with van der Waals surface area (Å²) in [5, 5.41) is 11.9. The van der Waals surface area contributed by atoms with Crippen LogP contribution in [0.4, 0.5) is 0 Å². The van der Waals surface area contributed by atoms with Crippen LogP contribution in [0.2, 0.25) is 0 Å². The Balaban J connectivity index is 1.27. The van der Waals surface area contributed by atoms with Gasteiger partial charge in [0.05, 0.1) is 17.2 Å². The lowest BCUT2D eigenvalue weighted by Gasteiger charge is -2.11. The number of nitrogens with zero attached hydrogens (tertiary/aromatic N) is 6. The van der Waals surface area contributed by atoms with E-state index in [-0.39, 0.29) is 0 Å². The van der Waals surface area contributed by atoms with Crippen molar-refractivity contribution in [3.8, 4) is 39.9 Å². The Hall–Kier alpha value is -6.21.